The number of rotatable bonds is 9. The van der Waals surface area contributed by atoms with Crippen molar-refractivity contribution < 1.29 is 13.5 Å². The van der Waals surface area contributed by atoms with E-state index in [1.165, 1.54) is 43.7 Å². The van der Waals surface area contributed by atoms with Gasteiger partial charge in [-0.05, 0) is 82.0 Å². The SMILES string of the molecule is C=C(CCC1CCNCC1)NC1(SC(=N)/C=C/C(F)=C\C=C(/C)F)CCOc2ccccc21. The van der Waals surface area contributed by atoms with Gasteiger partial charge >= 0.3 is 0 Å². The fourth-order valence-electron chi connectivity index (χ4n) is 4.15. The number of fused-ring (bicyclic) bond motifs is 1. The Hall–Kier alpha value is -2.38. The van der Waals surface area contributed by atoms with Crippen molar-refractivity contribution in [1.29, 1.82) is 5.41 Å². The van der Waals surface area contributed by atoms with Gasteiger partial charge in [0, 0.05) is 17.7 Å². The lowest BCUT2D eigenvalue weighted by molar-refractivity contribution is 0.243. The Kier molecular flexibility index (Phi) is 9.32. The van der Waals surface area contributed by atoms with Crippen LogP contribution in [0.3, 0.4) is 0 Å². The molecule has 0 aromatic heterocycles. The molecule has 1 saturated heterocycles. The van der Waals surface area contributed by atoms with E-state index in [0.29, 0.717) is 18.9 Å². The minimum absolute atomic E-state index is 0.190. The van der Waals surface area contributed by atoms with E-state index in [9.17, 15) is 8.78 Å². The van der Waals surface area contributed by atoms with Crippen molar-refractivity contribution in [1.82, 2.24) is 10.6 Å². The molecule has 1 fully saturated rings. The van der Waals surface area contributed by atoms with Crippen molar-refractivity contribution in [2.24, 2.45) is 5.92 Å². The number of para-hydroxylation sites is 1. The minimum Gasteiger partial charge on any atom is -0.493 e. The lowest BCUT2D eigenvalue weighted by Crippen LogP contribution is -2.43. The summed E-state index contributed by atoms with van der Waals surface area (Å²) < 4.78 is 32.6. The highest BCUT2D eigenvalue weighted by atomic mass is 32.2. The second kappa shape index (κ2) is 12.2. The van der Waals surface area contributed by atoms with Crippen LogP contribution in [0.15, 0.2) is 72.5 Å². The molecule has 2 aliphatic rings. The maximum atomic E-state index is 13.9. The molecule has 1 atom stereocenters. The Labute approximate surface area is 199 Å². The summed E-state index contributed by atoms with van der Waals surface area (Å²) in [7, 11) is 0. The Bertz CT molecular complexity index is 933. The average Bonchev–Trinajstić information content (AvgIpc) is 2.81. The van der Waals surface area contributed by atoms with Crippen LogP contribution in [0.4, 0.5) is 8.78 Å². The van der Waals surface area contributed by atoms with Crippen molar-refractivity contribution in [3.8, 4) is 5.75 Å². The van der Waals surface area contributed by atoms with E-state index in [1.807, 2.05) is 24.3 Å². The van der Waals surface area contributed by atoms with Gasteiger partial charge in [-0.2, -0.15) is 0 Å². The molecule has 0 aliphatic carbocycles. The van der Waals surface area contributed by atoms with E-state index >= 15 is 0 Å². The van der Waals surface area contributed by atoms with Crippen LogP contribution in [-0.2, 0) is 4.87 Å². The molecule has 3 rings (SSSR count). The van der Waals surface area contributed by atoms with E-state index in [2.05, 4.69) is 17.2 Å². The van der Waals surface area contributed by atoms with Gasteiger partial charge in [0.2, 0.25) is 0 Å². The van der Waals surface area contributed by atoms with Crippen molar-refractivity contribution in [3.05, 3.63) is 78.1 Å². The predicted octanol–water partition coefficient (Wildman–Crippen LogP) is 6.50. The summed E-state index contributed by atoms with van der Waals surface area (Å²) in [5.74, 6) is 0.390. The first-order valence-electron chi connectivity index (χ1n) is 11.4. The molecule has 4 nitrogen and oxygen atoms in total. The summed E-state index contributed by atoms with van der Waals surface area (Å²) in [6.45, 7) is 8.20. The molecule has 33 heavy (non-hydrogen) atoms. The smallest absolute Gasteiger partial charge is 0.125 e. The molecule has 3 N–H and O–H groups in total. The summed E-state index contributed by atoms with van der Waals surface area (Å²) in [5, 5.41) is 15.7. The number of halogens is 2. The van der Waals surface area contributed by atoms with Gasteiger partial charge in [-0.25, -0.2) is 8.78 Å². The van der Waals surface area contributed by atoms with Gasteiger partial charge in [-0.15, -0.1) is 0 Å². The quantitative estimate of drug-likeness (QED) is 0.166. The molecule has 1 aromatic carbocycles. The van der Waals surface area contributed by atoms with Crippen molar-refractivity contribution in [3.63, 3.8) is 0 Å². The number of allylic oxidation sites excluding steroid dienone is 6. The van der Waals surface area contributed by atoms with E-state index in [0.717, 1.165) is 55.1 Å². The summed E-state index contributed by atoms with van der Waals surface area (Å²) >= 11 is 1.32. The first-order chi connectivity index (χ1) is 15.9. The Morgan fingerprint density at radius 2 is 2.03 bits per heavy atom. The van der Waals surface area contributed by atoms with Crippen LogP contribution in [0.5, 0.6) is 5.75 Å². The molecule has 0 spiro atoms. The third-order valence-corrected chi connectivity index (χ3v) is 7.11. The fourth-order valence-corrected chi connectivity index (χ4v) is 5.32. The predicted molar refractivity (Wildman–Crippen MR) is 134 cm³/mol. The van der Waals surface area contributed by atoms with E-state index in [4.69, 9.17) is 10.1 Å². The van der Waals surface area contributed by atoms with Crippen LogP contribution in [0.2, 0.25) is 0 Å². The van der Waals surface area contributed by atoms with Gasteiger partial charge < -0.3 is 15.4 Å². The second-order valence-electron chi connectivity index (χ2n) is 8.49. The number of hydrogen-bond acceptors (Lipinski definition) is 5. The molecule has 0 saturated carbocycles. The lowest BCUT2D eigenvalue weighted by Gasteiger charge is -2.40. The highest BCUT2D eigenvalue weighted by molar-refractivity contribution is 8.15. The van der Waals surface area contributed by atoms with Crippen LogP contribution < -0.4 is 15.4 Å². The third kappa shape index (κ3) is 7.57. The zero-order valence-corrected chi connectivity index (χ0v) is 19.9. The van der Waals surface area contributed by atoms with Gasteiger partial charge in [0.25, 0.3) is 0 Å². The third-order valence-electron chi connectivity index (χ3n) is 5.88. The number of hydrogen-bond donors (Lipinski definition) is 3. The minimum atomic E-state index is -0.628. The van der Waals surface area contributed by atoms with Crippen LogP contribution in [-0.4, -0.2) is 24.7 Å². The second-order valence-corrected chi connectivity index (χ2v) is 9.83. The summed E-state index contributed by atoms with van der Waals surface area (Å²) in [6.07, 6.45) is 9.65. The highest BCUT2D eigenvalue weighted by Gasteiger charge is 2.39. The zero-order chi connectivity index (χ0) is 23.7. The van der Waals surface area contributed by atoms with Crippen LogP contribution in [0, 0.1) is 11.3 Å². The lowest BCUT2D eigenvalue weighted by atomic mass is 9.92. The molecular formula is C26H33F2N3OS. The first-order valence-corrected chi connectivity index (χ1v) is 12.2. The summed E-state index contributed by atoms with van der Waals surface area (Å²) in [6, 6.07) is 7.81. The van der Waals surface area contributed by atoms with Gasteiger partial charge in [0.05, 0.1) is 17.5 Å². The first kappa shape index (κ1) is 25.2. The Morgan fingerprint density at radius 1 is 1.27 bits per heavy atom. The average molecular weight is 474 g/mol. The molecular weight excluding hydrogens is 440 g/mol. The molecule has 0 radical (unpaired) electrons. The van der Waals surface area contributed by atoms with E-state index < -0.39 is 16.5 Å². The van der Waals surface area contributed by atoms with E-state index in [1.54, 1.807) is 0 Å². The number of thioether (sulfide) groups is 1. The topological polar surface area (TPSA) is 57.1 Å². The molecule has 1 unspecified atom stereocenters. The normalized spacial score (nSPS) is 22.0. The number of nitrogens with one attached hydrogen (secondary N) is 3. The molecule has 2 aliphatic heterocycles. The molecule has 7 heteroatoms. The number of piperidine rings is 1. The van der Waals surface area contributed by atoms with Gasteiger partial charge in [0.1, 0.15) is 16.4 Å². The number of benzene rings is 1. The van der Waals surface area contributed by atoms with Crippen LogP contribution in [0.1, 0.15) is 44.6 Å². The molecule has 0 bridgehead atoms. The standard InChI is InChI=1S/C26H33F2N3OS/c1-19(27)7-10-22(28)11-12-25(29)33-26(15-18-32-24-6-4-3-5-23(24)26)31-20(2)8-9-21-13-16-30-17-14-21/h3-7,10-12,21,29-31H,2,8-9,13-18H2,1H3/b12-11+,19-7+,22-10+,29-25?. The molecule has 2 heterocycles. The maximum absolute atomic E-state index is 13.9. The van der Waals surface area contributed by atoms with Crippen LogP contribution >= 0.6 is 11.8 Å². The van der Waals surface area contributed by atoms with Crippen molar-refractivity contribution >= 4 is 16.8 Å². The monoisotopic (exact) mass is 473 g/mol. The van der Waals surface area contributed by atoms with Gasteiger partial charge in [-0.1, -0.05) is 36.5 Å². The van der Waals surface area contributed by atoms with Crippen molar-refractivity contribution in [2.75, 3.05) is 19.7 Å². The Balaban J connectivity index is 1.74. The maximum Gasteiger partial charge on any atom is 0.125 e. The Morgan fingerprint density at radius 3 is 2.79 bits per heavy atom. The molecule has 1 aromatic rings. The molecule has 0 amide bonds. The van der Waals surface area contributed by atoms with Crippen LogP contribution in [0.25, 0.3) is 0 Å². The highest BCUT2D eigenvalue weighted by Crippen LogP contribution is 2.46. The molecule has 178 valence electrons. The van der Waals surface area contributed by atoms with Crippen molar-refractivity contribution in [2.45, 2.75) is 43.9 Å². The van der Waals surface area contributed by atoms with E-state index in [-0.39, 0.29) is 5.04 Å². The number of ether oxygens (including phenoxy) is 1. The zero-order valence-electron chi connectivity index (χ0n) is 19.1. The largest absolute Gasteiger partial charge is 0.493 e. The summed E-state index contributed by atoms with van der Waals surface area (Å²) in [4.78, 5) is -0.628. The van der Waals surface area contributed by atoms with Gasteiger partial charge in [-0.3, -0.25) is 5.41 Å². The van der Waals surface area contributed by atoms with Gasteiger partial charge in [0.15, 0.2) is 0 Å². The summed E-state index contributed by atoms with van der Waals surface area (Å²) in [5.41, 5.74) is 1.89. The fraction of sp³-hybridized carbons (Fsp3) is 0.423.